The number of hydrogen-bond donors (Lipinski definition) is 1. The van der Waals surface area contributed by atoms with E-state index in [1.807, 2.05) is 42.6 Å². The van der Waals surface area contributed by atoms with Crippen LogP contribution in [0.5, 0.6) is 0 Å². The molecule has 1 unspecified atom stereocenters. The maximum atomic E-state index is 12.4. The van der Waals surface area contributed by atoms with E-state index in [0.717, 1.165) is 41.0 Å². The first-order chi connectivity index (χ1) is 15.6. The van der Waals surface area contributed by atoms with Crippen molar-refractivity contribution in [2.45, 2.75) is 24.7 Å². The van der Waals surface area contributed by atoms with Crippen LogP contribution in [0.25, 0.3) is 16.8 Å². The first kappa shape index (κ1) is 20.4. The molecule has 6 heteroatoms. The molecular formula is C26H27N5O. The number of carbonyl (C=O) groups excluding carboxylic acids is 1. The highest BCUT2D eigenvalue weighted by Gasteiger charge is 2.22. The number of fused-ring (bicyclic) bond motifs is 1. The second kappa shape index (κ2) is 8.55. The fraction of sp³-hybridized carbons (Fsp3) is 0.269. The standard InChI is InChI=1S/C26H27N5O/c1-30-13-10-20(11-14-30)18-2-6-21(7-3-18)25(26(27)32)22-8-4-19(5-9-22)23-12-15-31-24(16-23)28-17-29-31/h2-9,12,15-17,20,25H,10-11,13-14H2,1H3,(H2,27,32). The van der Waals surface area contributed by atoms with E-state index in [4.69, 9.17) is 5.73 Å². The predicted octanol–water partition coefficient (Wildman–Crippen LogP) is 3.82. The van der Waals surface area contributed by atoms with Gasteiger partial charge in [-0.3, -0.25) is 4.79 Å². The molecule has 1 amide bonds. The maximum Gasteiger partial charge on any atom is 0.229 e. The molecule has 6 nitrogen and oxygen atoms in total. The van der Waals surface area contributed by atoms with Crippen LogP contribution in [0.4, 0.5) is 0 Å². The first-order valence-electron chi connectivity index (χ1n) is 11.1. The van der Waals surface area contributed by atoms with Crippen LogP contribution in [0.15, 0.2) is 73.2 Å². The average molecular weight is 426 g/mol. The number of pyridine rings is 1. The van der Waals surface area contributed by atoms with Crippen LogP contribution in [0.3, 0.4) is 0 Å². The Labute approximate surface area is 187 Å². The lowest BCUT2D eigenvalue weighted by atomic mass is 9.85. The van der Waals surface area contributed by atoms with Crippen molar-refractivity contribution >= 4 is 11.6 Å². The first-order valence-corrected chi connectivity index (χ1v) is 11.1. The summed E-state index contributed by atoms with van der Waals surface area (Å²) in [6, 6.07) is 20.5. The lowest BCUT2D eigenvalue weighted by Gasteiger charge is -2.29. The molecule has 4 aromatic rings. The summed E-state index contributed by atoms with van der Waals surface area (Å²) >= 11 is 0. The monoisotopic (exact) mass is 425 g/mol. The molecule has 32 heavy (non-hydrogen) atoms. The highest BCUT2D eigenvalue weighted by molar-refractivity contribution is 5.86. The van der Waals surface area contributed by atoms with Crippen LogP contribution in [-0.4, -0.2) is 45.5 Å². The smallest absolute Gasteiger partial charge is 0.229 e. The molecule has 1 saturated heterocycles. The highest BCUT2D eigenvalue weighted by Crippen LogP contribution is 2.31. The zero-order valence-electron chi connectivity index (χ0n) is 18.2. The van der Waals surface area contributed by atoms with Crippen LogP contribution in [0.2, 0.25) is 0 Å². The minimum Gasteiger partial charge on any atom is -0.369 e. The van der Waals surface area contributed by atoms with E-state index in [1.165, 1.54) is 24.7 Å². The van der Waals surface area contributed by atoms with E-state index in [2.05, 4.69) is 46.3 Å². The second-order valence-corrected chi connectivity index (χ2v) is 8.68. The summed E-state index contributed by atoms with van der Waals surface area (Å²) < 4.78 is 1.73. The maximum absolute atomic E-state index is 12.4. The van der Waals surface area contributed by atoms with Crippen molar-refractivity contribution in [2.24, 2.45) is 5.73 Å². The highest BCUT2D eigenvalue weighted by atomic mass is 16.1. The molecule has 5 rings (SSSR count). The average Bonchev–Trinajstić information content (AvgIpc) is 3.29. The molecule has 0 saturated carbocycles. The quantitative estimate of drug-likeness (QED) is 0.527. The number of aromatic nitrogens is 3. The minimum atomic E-state index is -0.463. The Morgan fingerprint density at radius 3 is 2.28 bits per heavy atom. The van der Waals surface area contributed by atoms with Gasteiger partial charge < -0.3 is 10.6 Å². The van der Waals surface area contributed by atoms with Crippen molar-refractivity contribution in [1.29, 1.82) is 0 Å². The lowest BCUT2D eigenvalue weighted by Crippen LogP contribution is -2.29. The van der Waals surface area contributed by atoms with Crippen LogP contribution in [0.1, 0.15) is 41.4 Å². The van der Waals surface area contributed by atoms with Gasteiger partial charge in [0.25, 0.3) is 0 Å². The molecule has 0 spiro atoms. The van der Waals surface area contributed by atoms with Crippen molar-refractivity contribution in [2.75, 3.05) is 20.1 Å². The number of likely N-dealkylation sites (tertiary alicyclic amines) is 1. The number of benzene rings is 2. The molecule has 1 aliphatic heterocycles. The van der Waals surface area contributed by atoms with Gasteiger partial charge in [0.05, 0.1) is 5.92 Å². The fourth-order valence-electron chi connectivity index (χ4n) is 4.69. The van der Waals surface area contributed by atoms with Gasteiger partial charge in [0.15, 0.2) is 5.65 Å². The number of primary amides is 1. The molecular weight excluding hydrogens is 398 g/mol. The molecule has 0 radical (unpaired) electrons. The Morgan fingerprint density at radius 2 is 1.62 bits per heavy atom. The van der Waals surface area contributed by atoms with Gasteiger partial charge in [0.2, 0.25) is 5.91 Å². The van der Waals surface area contributed by atoms with E-state index < -0.39 is 5.92 Å². The van der Waals surface area contributed by atoms with Crippen LogP contribution in [-0.2, 0) is 4.79 Å². The molecule has 3 heterocycles. The molecule has 2 N–H and O–H groups in total. The summed E-state index contributed by atoms with van der Waals surface area (Å²) in [5.41, 5.74) is 11.9. The second-order valence-electron chi connectivity index (χ2n) is 8.68. The normalized spacial score (nSPS) is 16.3. The van der Waals surface area contributed by atoms with Crippen LogP contribution < -0.4 is 5.73 Å². The summed E-state index contributed by atoms with van der Waals surface area (Å²) in [7, 11) is 2.18. The predicted molar refractivity (Wildman–Crippen MR) is 125 cm³/mol. The van der Waals surface area contributed by atoms with Gasteiger partial charge in [0.1, 0.15) is 6.33 Å². The van der Waals surface area contributed by atoms with Crippen molar-refractivity contribution in [3.05, 3.63) is 89.9 Å². The molecule has 0 aliphatic carbocycles. The molecule has 2 aromatic heterocycles. The van der Waals surface area contributed by atoms with Crippen molar-refractivity contribution in [1.82, 2.24) is 19.5 Å². The van der Waals surface area contributed by atoms with Crippen molar-refractivity contribution < 1.29 is 4.79 Å². The van der Waals surface area contributed by atoms with E-state index >= 15 is 0 Å². The molecule has 2 aromatic carbocycles. The summed E-state index contributed by atoms with van der Waals surface area (Å²) in [6.07, 6.45) is 5.79. The van der Waals surface area contributed by atoms with E-state index in [0.29, 0.717) is 5.92 Å². The Morgan fingerprint density at radius 1 is 0.969 bits per heavy atom. The van der Waals surface area contributed by atoms with Gasteiger partial charge in [-0.25, -0.2) is 9.50 Å². The number of nitrogens with zero attached hydrogens (tertiary/aromatic N) is 4. The third kappa shape index (κ3) is 4.01. The lowest BCUT2D eigenvalue weighted by molar-refractivity contribution is -0.118. The Kier molecular flexibility index (Phi) is 5.45. The van der Waals surface area contributed by atoms with Gasteiger partial charge in [-0.15, -0.1) is 0 Å². The molecule has 162 valence electrons. The summed E-state index contributed by atoms with van der Waals surface area (Å²) in [6.45, 7) is 2.26. The summed E-state index contributed by atoms with van der Waals surface area (Å²) in [5, 5.41) is 4.14. The number of amides is 1. The number of piperidine rings is 1. The van der Waals surface area contributed by atoms with Gasteiger partial charge in [-0.2, -0.15) is 5.10 Å². The number of carbonyl (C=O) groups is 1. The van der Waals surface area contributed by atoms with Gasteiger partial charge in [-0.1, -0.05) is 48.5 Å². The van der Waals surface area contributed by atoms with Crippen LogP contribution in [0, 0.1) is 0 Å². The third-order valence-corrected chi connectivity index (χ3v) is 6.60. The van der Waals surface area contributed by atoms with Gasteiger partial charge >= 0.3 is 0 Å². The third-order valence-electron chi connectivity index (χ3n) is 6.60. The SMILES string of the molecule is CN1CCC(c2ccc(C(C(N)=O)c3ccc(-c4ccn5ncnc5c4)cc3)cc2)CC1. The van der Waals surface area contributed by atoms with E-state index in [-0.39, 0.29) is 5.91 Å². The zero-order chi connectivity index (χ0) is 22.1. The molecule has 0 bridgehead atoms. The topological polar surface area (TPSA) is 76.5 Å². The van der Waals surface area contributed by atoms with Gasteiger partial charge in [-0.05, 0) is 78.8 Å². The van der Waals surface area contributed by atoms with E-state index in [9.17, 15) is 4.79 Å². The number of nitrogens with two attached hydrogens (primary N) is 1. The Balaban J connectivity index is 1.38. The molecule has 1 atom stereocenters. The number of rotatable bonds is 5. The van der Waals surface area contributed by atoms with Crippen molar-refractivity contribution in [3.63, 3.8) is 0 Å². The van der Waals surface area contributed by atoms with E-state index in [1.54, 1.807) is 4.52 Å². The zero-order valence-corrected chi connectivity index (χ0v) is 18.2. The largest absolute Gasteiger partial charge is 0.369 e. The molecule has 1 fully saturated rings. The minimum absolute atomic E-state index is 0.338. The molecule has 1 aliphatic rings. The Bertz CT molecular complexity index is 1220. The summed E-state index contributed by atoms with van der Waals surface area (Å²) in [4.78, 5) is 19.0. The number of hydrogen-bond acceptors (Lipinski definition) is 4. The fourth-order valence-corrected chi connectivity index (χ4v) is 4.69. The van der Waals surface area contributed by atoms with Crippen LogP contribution >= 0.6 is 0 Å². The Hall–Kier alpha value is -3.51. The van der Waals surface area contributed by atoms with Gasteiger partial charge in [0, 0.05) is 6.20 Å². The van der Waals surface area contributed by atoms with Crippen molar-refractivity contribution in [3.8, 4) is 11.1 Å². The summed E-state index contributed by atoms with van der Waals surface area (Å²) in [5.74, 6) is -0.210.